The van der Waals surface area contributed by atoms with Crippen LogP contribution in [0.15, 0.2) is 46.1 Å². The van der Waals surface area contributed by atoms with Gasteiger partial charge in [0.1, 0.15) is 11.6 Å². The average molecular weight is 376 g/mol. The summed E-state index contributed by atoms with van der Waals surface area (Å²) in [5, 5.41) is 6.74. The van der Waals surface area contributed by atoms with E-state index in [9.17, 15) is 13.6 Å². The number of carbonyl (C=O) groups is 1. The molecule has 2 aromatic heterocycles. The molecule has 0 fully saturated rings. The van der Waals surface area contributed by atoms with Gasteiger partial charge in [-0.2, -0.15) is 4.98 Å². The molecule has 0 atom stereocenters. The van der Waals surface area contributed by atoms with Gasteiger partial charge in [0.05, 0.1) is 22.0 Å². The van der Waals surface area contributed by atoms with Crippen LogP contribution in [-0.4, -0.2) is 26.8 Å². The van der Waals surface area contributed by atoms with E-state index >= 15 is 0 Å². The number of hydrogen-bond donors (Lipinski definition) is 1. The molecule has 0 saturated heterocycles. The first-order valence-electron chi connectivity index (χ1n) is 7.72. The number of nitrogens with zero attached hydrogens (tertiary/aromatic N) is 3. The number of thioether (sulfide) groups is 1. The zero-order valence-electron chi connectivity index (χ0n) is 13.7. The first kappa shape index (κ1) is 18.0. The molecule has 3 aromatic rings. The maximum Gasteiger partial charge on any atom is 0.259 e. The quantitative estimate of drug-likeness (QED) is 0.661. The normalized spacial score (nSPS) is 10.7. The van der Waals surface area contributed by atoms with Crippen molar-refractivity contribution < 1.29 is 18.1 Å². The van der Waals surface area contributed by atoms with Crippen LogP contribution in [-0.2, 0) is 11.2 Å². The Morgan fingerprint density at radius 1 is 1.27 bits per heavy atom. The summed E-state index contributed by atoms with van der Waals surface area (Å²) in [6, 6.07) is 6.34. The van der Waals surface area contributed by atoms with E-state index in [1.807, 2.05) is 6.92 Å². The summed E-state index contributed by atoms with van der Waals surface area (Å²) >= 11 is 1.17. The fraction of sp³-hybridized carbons (Fsp3) is 0.176. The highest BCUT2D eigenvalue weighted by molar-refractivity contribution is 7.99. The molecule has 0 aliphatic heterocycles. The van der Waals surface area contributed by atoms with E-state index in [0.29, 0.717) is 28.7 Å². The second-order valence-corrected chi connectivity index (χ2v) is 6.21. The molecule has 6 nitrogen and oxygen atoms in total. The number of aryl methyl sites for hydroxylation is 1. The molecule has 134 valence electrons. The summed E-state index contributed by atoms with van der Waals surface area (Å²) in [6.07, 6.45) is 2.24. The van der Waals surface area contributed by atoms with E-state index in [2.05, 4.69) is 20.4 Å². The molecule has 0 saturated carbocycles. The molecule has 0 unspecified atom stereocenters. The summed E-state index contributed by atoms with van der Waals surface area (Å²) in [5.41, 5.74) is 0.481. The van der Waals surface area contributed by atoms with Crippen molar-refractivity contribution in [1.29, 1.82) is 0 Å². The van der Waals surface area contributed by atoms with Crippen LogP contribution in [0.2, 0.25) is 0 Å². The molecule has 0 bridgehead atoms. The Kier molecular flexibility index (Phi) is 5.57. The maximum absolute atomic E-state index is 13.5. The molecule has 0 aliphatic carbocycles. The Balaban J connectivity index is 1.57. The van der Waals surface area contributed by atoms with Gasteiger partial charge in [-0.25, -0.2) is 13.8 Å². The first-order chi connectivity index (χ1) is 12.5. The highest BCUT2D eigenvalue weighted by Gasteiger charge is 2.11. The average Bonchev–Trinajstić information content (AvgIpc) is 3.13. The van der Waals surface area contributed by atoms with Crippen molar-refractivity contribution in [2.75, 3.05) is 11.1 Å². The number of rotatable bonds is 6. The number of pyridine rings is 1. The van der Waals surface area contributed by atoms with Crippen molar-refractivity contribution in [3.63, 3.8) is 0 Å². The second-order valence-electron chi connectivity index (χ2n) is 5.22. The van der Waals surface area contributed by atoms with Crippen LogP contribution in [0.1, 0.15) is 12.7 Å². The van der Waals surface area contributed by atoms with Gasteiger partial charge < -0.3 is 9.84 Å². The molecule has 0 radical (unpaired) electrons. The van der Waals surface area contributed by atoms with Crippen molar-refractivity contribution in [2.45, 2.75) is 18.4 Å². The number of benzene rings is 1. The number of nitrogens with one attached hydrogen (secondary N) is 1. The number of hydrogen-bond acceptors (Lipinski definition) is 6. The Morgan fingerprint density at radius 2 is 2.12 bits per heavy atom. The molecule has 26 heavy (non-hydrogen) atoms. The molecular weight excluding hydrogens is 362 g/mol. The lowest BCUT2D eigenvalue weighted by Crippen LogP contribution is -2.15. The lowest BCUT2D eigenvalue weighted by atomic mass is 10.3. The zero-order valence-corrected chi connectivity index (χ0v) is 14.5. The highest BCUT2D eigenvalue weighted by Crippen LogP contribution is 2.21. The third-order valence-electron chi connectivity index (χ3n) is 3.32. The molecule has 0 spiro atoms. The fourth-order valence-electron chi connectivity index (χ4n) is 2.03. The van der Waals surface area contributed by atoms with Gasteiger partial charge in [0.15, 0.2) is 5.82 Å². The van der Waals surface area contributed by atoms with Gasteiger partial charge in [-0.1, -0.05) is 23.8 Å². The molecule has 1 aromatic carbocycles. The summed E-state index contributed by atoms with van der Waals surface area (Å²) in [5.74, 6) is -0.792. The predicted molar refractivity (Wildman–Crippen MR) is 92.6 cm³/mol. The Morgan fingerprint density at radius 3 is 2.81 bits per heavy atom. The number of halogens is 2. The third kappa shape index (κ3) is 4.42. The zero-order chi connectivity index (χ0) is 18.5. The van der Waals surface area contributed by atoms with Gasteiger partial charge in [0.25, 0.3) is 5.89 Å². The highest BCUT2D eigenvalue weighted by atomic mass is 32.2. The standard InChI is InChI=1S/C17H14F2N4O2S/c1-2-14-22-17(25-23-14)10-3-6-16(20-8-10)26-9-15(24)21-13-7-11(18)4-5-12(13)19/h3-8H,2,9H2,1H3,(H,21,24). The van der Waals surface area contributed by atoms with E-state index in [1.54, 1.807) is 18.3 Å². The van der Waals surface area contributed by atoms with E-state index in [4.69, 9.17) is 4.52 Å². The summed E-state index contributed by atoms with van der Waals surface area (Å²) in [6.45, 7) is 1.92. The van der Waals surface area contributed by atoms with Crippen molar-refractivity contribution >= 4 is 23.4 Å². The molecule has 3 rings (SSSR count). The lowest BCUT2D eigenvalue weighted by molar-refractivity contribution is -0.113. The first-order valence-corrected chi connectivity index (χ1v) is 8.70. The Bertz CT molecular complexity index is 915. The minimum atomic E-state index is -0.696. The van der Waals surface area contributed by atoms with Crippen LogP contribution in [0.25, 0.3) is 11.5 Å². The van der Waals surface area contributed by atoms with Gasteiger partial charge in [0, 0.05) is 18.7 Å². The van der Waals surface area contributed by atoms with Crippen LogP contribution in [0.4, 0.5) is 14.5 Å². The van der Waals surface area contributed by atoms with Crippen LogP contribution >= 0.6 is 11.8 Å². The van der Waals surface area contributed by atoms with Crippen molar-refractivity contribution in [1.82, 2.24) is 15.1 Å². The van der Waals surface area contributed by atoms with Gasteiger partial charge in [-0.3, -0.25) is 4.79 Å². The number of amides is 1. The largest absolute Gasteiger partial charge is 0.334 e. The van der Waals surface area contributed by atoms with E-state index in [0.717, 1.165) is 18.2 Å². The molecular formula is C17H14F2N4O2S. The van der Waals surface area contributed by atoms with E-state index < -0.39 is 17.5 Å². The predicted octanol–water partition coefficient (Wildman–Crippen LogP) is 3.70. The van der Waals surface area contributed by atoms with Crippen LogP contribution < -0.4 is 5.32 Å². The second kappa shape index (κ2) is 8.05. The van der Waals surface area contributed by atoms with Crippen LogP contribution in [0, 0.1) is 11.6 Å². The number of carbonyl (C=O) groups excluding carboxylic acids is 1. The monoisotopic (exact) mass is 376 g/mol. The summed E-state index contributed by atoms with van der Waals surface area (Å²) in [7, 11) is 0. The number of aromatic nitrogens is 3. The SMILES string of the molecule is CCc1noc(-c2ccc(SCC(=O)Nc3cc(F)ccc3F)nc2)n1. The minimum absolute atomic E-state index is 0.00282. The third-order valence-corrected chi connectivity index (χ3v) is 4.27. The Labute approximate surface area is 152 Å². The molecule has 0 aliphatic rings. The van der Waals surface area contributed by atoms with Crippen LogP contribution in [0.3, 0.4) is 0 Å². The molecule has 1 N–H and O–H groups in total. The lowest BCUT2D eigenvalue weighted by Gasteiger charge is -2.06. The minimum Gasteiger partial charge on any atom is -0.334 e. The number of anilines is 1. The fourth-order valence-corrected chi connectivity index (χ4v) is 2.67. The van der Waals surface area contributed by atoms with Gasteiger partial charge in [0.2, 0.25) is 5.91 Å². The van der Waals surface area contributed by atoms with Crippen LogP contribution in [0.5, 0.6) is 0 Å². The van der Waals surface area contributed by atoms with E-state index in [-0.39, 0.29) is 11.4 Å². The van der Waals surface area contributed by atoms with Crippen molar-refractivity contribution in [3.05, 3.63) is 54.0 Å². The Hall–Kier alpha value is -2.81. The van der Waals surface area contributed by atoms with Gasteiger partial charge >= 0.3 is 0 Å². The van der Waals surface area contributed by atoms with Gasteiger partial charge in [-0.15, -0.1) is 0 Å². The summed E-state index contributed by atoms with van der Waals surface area (Å²) in [4.78, 5) is 20.3. The molecule has 2 heterocycles. The topological polar surface area (TPSA) is 80.9 Å². The molecule has 9 heteroatoms. The smallest absolute Gasteiger partial charge is 0.259 e. The molecule has 1 amide bonds. The van der Waals surface area contributed by atoms with Gasteiger partial charge in [-0.05, 0) is 24.3 Å². The van der Waals surface area contributed by atoms with E-state index in [1.165, 1.54) is 11.8 Å². The van der Waals surface area contributed by atoms with Crippen molar-refractivity contribution in [2.24, 2.45) is 0 Å². The summed E-state index contributed by atoms with van der Waals surface area (Å²) < 4.78 is 31.7. The van der Waals surface area contributed by atoms with Crippen molar-refractivity contribution in [3.8, 4) is 11.5 Å². The maximum atomic E-state index is 13.5.